The maximum atomic E-state index is 13.4. The van der Waals surface area contributed by atoms with Crippen LogP contribution >= 0.6 is 11.3 Å². The molecule has 1 aliphatic heterocycles. The highest BCUT2D eigenvalue weighted by molar-refractivity contribution is 7.10. The summed E-state index contributed by atoms with van der Waals surface area (Å²) in [6.45, 7) is -4.00. The Hall–Kier alpha value is -4.89. The number of halogens is 2. The van der Waals surface area contributed by atoms with E-state index in [9.17, 15) is 28.0 Å². The summed E-state index contributed by atoms with van der Waals surface area (Å²) in [5, 5.41) is 16.6. The zero-order valence-corrected chi connectivity index (χ0v) is 24.2. The Morgan fingerprint density at radius 1 is 1.07 bits per heavy atom. The lowest BCUT2D eigenvalue weighted by molar-refractivity contribution is -0.160. The lowest BCUT2D eigenvalue weighted by Crippen LogP contribution is -2.51. The Balaban J connectivity index is 1.42. The fraction of sp³-hybridized carbons (Fsp3) is 0.276. The number of carbonyl (C=O) groups is 4. The van der Waals surface area contributed by atoms with Crippen molar-refractivity contribution >= 4 is 40.8 Å². The van der Waals surface area contributed by atoms with Gasteiger partial charge in [0.25, 0.3) is 5.91 Å². The Labute approximate surface area is 255 Å². The van der Waals surface area contributed by atoms with Crippen LogP contribution in [0.25, 0.3) is 0 Å². The van der Waals surface area contributed by atoms with Gasteiger partial charge in [0.05, 0.1) is 12.6 Å². The topological polar surface area (TPSA) is 176 Å². The number of likely N-dealkylation sites (N-methyl/N-ethyl adjacent to an activating group) is 1. The van der Waals surface area contributed by atoms with E-state index in [4.69, 9.17) is 15.9 Å². The molecule has 1 unspecified atom stereocenters. The van der Waals surface area contributed by atoms with Gasteiger partial charge in [-0.1, -0.05) is 18.2 Å². The van der Waals surface area contributed by atoms with Crippen molar-refractivity contribution in [2.45, 2.75) is 31.2 Å². The molecular weight excluding hydrogens is 598 g/mol. The summed E-state index contributed by atoms with van der Waals surface area (Å²) in [6, 6.07) is 14.3. The van der Waals surface area contributed by atoms with E-state index in [1.54, 1.807) is 29.6 Å². The number of nitrogens with zero attached hydrogens (tertiary/aromatic N) is 1. The first-order valence-electron chi connectivity index (χ1n) is 13.3. The Kier molecular flexibility index (Phi) is 10.6. The number of rotatable bonds is 12. The number of hydrogen-bond donors (Lipinski definition) is 5. The molecule has 0 radical (unpaired) electrons. The van der Waals surface area contributed by atoms with Crippen LogP contribution in [0, 0.1) is 5.41 Å². The Bertz CT molecular complexity index is 1500. The summed E-state index contributed by atoms with van der Waals surface area (Å²) in [5.74, 6) is -1.78. The molecule has 2 aromatic carbocycles. The second kappa shape index (κ2) is 14.5. The number of nitrogens with two attached hydrogens (primary N) is 1. The van der Waals surface area contributed by atoms with Crippen molar-refractivity contribution in [3.05, 3.63) is 82.0 Å². The van der Waals surface area contributed by atoms with E-state index in [1.807, 2.05) is 18.2 Å². The molecule has 1 aliphatic rings. The van der Waals surface area contributed by atoms with Crippen molar-refractivity contribution in [3.8, 4) is 11.5 Å². The third-order valence-electron chi connectivity index (χ3n) is 6.69. The molecule has 3 atom stereocenters. The van der Waals surface area contributed by atoms with Gasteiger partial charge in [0.2, 0.25) is 17.7 Å². The number of hydrogen-bond acceptors (Lipinski definition) is 8. The molecule has 3 aromatic rings. The van der Waals surface area contributed by atoms with Crippen LogP contribution in [-0.2, 0) is 19.1 Å². The van der Waals surface area contributed by atoms with Gasteiger partial charge in [-0.25, -0.2) is 0 Å². The van der Waals surface area contributed by atoms with Gasteiger partial charge >= 0.3 is 6.61 Å². The number of alkyl halides is 2. The maximum absolute atomic E-state index is 13.4. The average Bonchev–Trinajstić information content (AvgIpc) is 3.67. The first-order chi connectivity index (χ1) is 21.0. The van der Waals surface area contributed by atoms with Crippen LogP contribution in [0.3, 0.4) is 0 Å². The SMILES string of the molecule is CNC(=O)C(NC(=O)[C@@H]1C[C@@H](OC(F)F)CN1C(=O)CNC(=O)c1ccc(Oc2ccccc2)cc1)c1cc(C(=N)N)cs1. The molecule has 4 amide bonds. The van der Waals surface area contributed by atoms with E-state index >= 15 is 0 Å². The number of carbonyl (C=O) groups excluding carboxylic acids is 4. The van der Waals surface area contributed by atoms with Crippen molar-refractivity contribution < 1.29 is 37.4 Å². The zero-order valence-electron chi connectivity index (χ0n) is 23.4. The molecule has 12 nitrogen and oxygen atoms in total. The molecule has 4 rings (SSSR count). The predicted octanol–water partition coefficient (Wildman–Crippen LogP) is 2.37. The number of ether oxygens (including phenoxy) is 2. The lowest BCUT2D eigenvalue weighted by atomic mass is 10.1. The molecule has 0 aliphatic carbocycles. The van der Waals surface area contributed by atoms with Gasteiger partial charge in [0, 0.05) is 41.4 Å². The predicted molar refractivity (Wildman–Crippen MR) is 157 cm³/mol. The van der Waals surface area contributed by atoms with Gasteiger partial charge < -0.3 is 36.1 Å². The molecule has 1 aromatic heterocycles. The van der Waals surface area contributed by atoms with E-state index < -0.39 is 55.0 Å². The van der Waals surface area contributed by atoms with Gasteiger partial charge in [-0.15, -0.1) is 11.3 Å². The van der Waals surface area contributed by atoms with Gasteiger partial charge in [-0.05, 0) is 42.5 Å². The molecule has 2 heterocycles. The van der Waals surface area contributed by atoms with Crippen LogP contribution in [0.1, 0.15) is 33.3 Å². The Morgan fingerprint density at radius 2 is 1.75 bits per heavy atom. The highest BCUT2D eigenvalue weighted by Crippen LogP contribution is 2.26. The van der Waals surface area contributed by atoms with Crippen LogP contribution in [0.5, 0.6) is 11.5 Å². The highest BCUT2D eigenvalue weighted by Gasteiger charge is 2.42. The first-order valence-corrected chi connectivity index (χ1v) is 14.2. The molecule has 0 saturated carbocycles. The molecule has 0 bridgehead atoms. The molecule has 1 saturated heterocycles. The van der Waals surface area contributed by atoms with Crippen molar-refractivity contribution in [2.24, 2.45) is 5.73 Å². The fourth-order valence-electron chi connectivity index (χ4n) is 4.52. The second-order valence-electron chi connectivity index (χ2n) is 9.65. The first kappa shape index (κ1) is 32.0. The number of amides is 4. The largest absolute Gasteiger partial charge is 0.457 e. The lowest BCUT2D eigenvalue weighted by Gasteiger charge is -2.25. The van der Waals surface area contributed by atoms with Crippen molar-refractivity contribution in [3.63, 3.8) is 0 Å². The van der Waals surface area contributed by atoms with Crippen LogP contribution in [0.2, 0.25) is 0 Å². The minimum absolute atomic E-state index is 0.229. The third kappa shape index (κ3) is 8.14. The molecule has 44 heavy (non-hydrogen) atoms. The second-order valence-corrected chi connectivity index (χ2v) is 10.6. The number of thiophene rings is 1. The number of benzene rings is 2. The molecule has 0 spiro atoms. The van der Waals surface area contributed by atoms with Crippen molar-refractivity contribution in [1.82, 2.24) is 20.9 Å². The monoisotopic (exact) mass is 628 g/mol. The standard InChI is InChI=1S/C29H30F2N6O6S/c1-34-28(41)24(22-11-17(15-44-22)25(32)33)36-27(40)21-12-20(43-29(30)31)14-37(21)23(38)13-35-26(39)16-7-9-19(10-8-16)42-18-5-3-2-4-6-18/h2-11,15,20-21,24,29H,12-14H2,1H3,(H3,32,33)(H,34,41)(H,35,39)(H,36,40)/t20-,21+,24?/m1/s1. The Morgan fingerprint density at radius 3 is 2.36 bits per heavy atom. The van der Waals surface area contributed by atoms with E-state index in [1.165, 1.54) is 25.2 Å². The van der Waals surface area contributed by atoms with Crippen LogP contribution in [0.15, 0.2) is 66.0 Å². The summed E-state index contributed by atoms with van der Waals surface area (Å²) in [7, 11) is 1.37. The summed E-state index contributed by atoms with van der Waals surface area (Å²) >= 11 is 1.08. The summed E-state index contributed by atoms with van der Waals surface area (Å²) in [5.41, 5.74) is 6.10. The maximum Gasteiger partial charge on any atom is 0.345 e. The number of nitrogen functional groups attached to an aromatic ring is 1. The average molecular weight is 629 g/mol. The van der Waals surface area contributed by atoms with E-state index in [0.29, 0.717) is 21.9 Å². The highest BCUT2D eigenvalue weighted by atomic mass is 32.1. The van der Waals surface area contributed by atoms with Crippen molar-refractivity contribution in [1.29, 1.82) is 5.41 Å². The minimum atomic E-state index is -3.14. The quantitative estimate of drug-likeness (QED) is 0.151. The van der Waals surface area contributed by atoms with Crippen LogP contribution < -0.4 is 26.4 Å². The molecule has 15 heteroatoms. The van der Waals surface area contributed by atoms with E-state index in [0.717, 1.165) is 16.2 Å². The normalized spacial score (nSPS) is 16.7. The van der Waals surface area contributed by atoms with Crippen LogP contribution in [0.4, 0.5) is 8.78 Å². The molecule has 232 valence electrons. The number of likely N-dealkylation sites (tertiary alicyclic amines) is 1. The smallest absolute Gasteiger partial charge is 0.345 e. The van der Waals surface area contributed by atoms with Crippen LogP contribution in [-0.4, -0.2) is 73.3 Å². The van der Waals surface area contributed by atoms with Gasteiger partial charge in [0.15, 0.2) is 0 Å². The van der Waals surface area contributed by atoms with Crippen molar-refractivity contribution in [2.75, 3.05) is 20.1 Å². The third-order valence-corrected chi connectivity index (χ3v) is 7.68. The minimum Gasteiger partial charge on any atom is -0.457 e. The summed E-state index contributed by atoms with van der Waals surface area (Å²) in [6.07, 6.45) is -1.42. The zero-order chi connectivity index (χ0) is 31.8. The molecule has 1 fully saturated rings. The van der Waals surface area contributed by atoms with E-state index in [2.05, 4.69) is 20.7 Å². The summed E-state index contributed by atoms with van der Waals surface area (Å²) < 4.78 is 36.3. The van der Waals surface area contributed by atoms with Gasteiger partial charge in [-0.2, -0.15) is 8.78 Å². The number of amidine groups is 1. The molecule has 6 N–H and O–H groups in total. The number of nitrogens with one attached hydrogen (secondary N) is 4. The van der Waals surface area contributed by atoms with E-state index in [-0.39, 0.29) is 24.4 Å². The summed E-state index contributed by atoms with van der Waals surface area (Å²) in [4.78, 5) is 53.3. The van der Waals surface area contributed by atoms with Gasteiger partial charge in [-0.3, -0.25) is 24.6 Å². The van der Waals surface area contributed by atoms with Gasteiger partial charge in [0.1, 0.15) is 29.4 Å². The fourth-order valence-corrected chi connectivity index (χ4v) is 5.47. The molecular formula is C29H30F2N6O6S. The number of para-hydroxylation sites is 1.